The molecule has 1 saturated heterocycles. The third kappa shape index (κ3) is 6.56. The molecule has 1 rings (SSSR count). The molecule has 1 heterocycles. The zero-order valence-corrected chi connectivity index (χ0v) is 10.9. The summed E-state index contributed by atoms with van der Waals surface area (Å²) in [5, 5.41) is 11.2. The first-order valence-corrected chi connectivity index (χ1v) is 6.36. The molecule has 0 spiro atoms. The molecule has 6 heteroatoms. The fourth-order valence-electron chi connectivity index (χ4n) is 1.89. The van der Waals surface area contributed by atoms with E-state index in [9.17, 15) is 9.59 Å². The van der Waals surface area contributed by atoms with Gasteiger partial charge in [0.2, 0.25) is 5.91 Å². The van der Waals surface area contributed by atoms with Gasteiger partial charge in [-0.1, -0.05) is 6.92 Å². The van der Waals surface area contributed by atoms with Crippen LogP contribution in [0.1, 0.15) is 19.8 Å². The van der Waals surface area contributed by atoms with Crippen LogP contribution in [-0.2, 0) is 14.3 Å². The van der Waals surface area contributed by atoms with Crippen LogP contribution in [0.2, 0.25) is 0 Å². The zero-order valence-electron chi connectivity index (χ0n) is 10.9. The van der Waals surface area contributed by atoms with Gasteiger partial charge in [-0.25, -0.2) is 0 Å². The minimum Gasteiger partial charge on any atom is -0.481 e. The van der Waals surface area contributed by atoms with Crippen LogP contribution in [-0.4, -0.2) is 61.3 Å². The second-order valence-electron chi connectivity index (χ2n) is 4.72. The summed E-state index contributed by atoms with van der Waals surface area (Å²) in [4.78, 5) is 24.0. The number of ether oxygens (including phenoxy) is 1. The van der Waals surface area contributed by atoms with Gasteiger partial charge in [-0.2, -0.15) is 0 Å². The lowest BCUT2D eigenvalue weighted by Crippen LogP contribution is -2.41. The maximum Gasteiger partial charge on any atom is 0.303 e. The first-order valence-electron chi connectivity index (χ1n) is 6.36. The van der Waals surface area contributed by atoms with E-state index in [4.69, 9.17) is 9.84 Å². The number of aliphatic carboxylic acids is 1. The molecule has 0 aromatic rings. The second kappa shape index (κ2) is 8.05. The van der Waals surface area contributed by atoms with Crippen molar-refractivity contribution in [2.45, 2.75) is 19.8 Å². The van der Waals surface area contributed by atoms with Gasteiger partial charge in [0.05, 0.1) is 19.6 Å². The Morgan fingerprint density at radius 3 is 2.61 bits per heavy atom. The molecule has 0 radical (unpaired) electrons. The molecule has 1 amide bonds. The number of nitrogens with one attached hydrogen (secondary N) is 1. The Bertz CT molecular complexity index is 277. The van der Waals surface area contributed by atoms with Crippen molar-refractivity contribution in [3.05, 3.63) is 0 Å². The van der Waals surface area contributed by atoms with Gasteiger partial charge in [0.15, 0.2) is 0 Å². The van der Waals surface area contributed by atoms with E-state index in [1.54, 1.807) is 0 Å². The van der Waals surface area contributed by atoms with Crippen molar-refractivity contribution in [3.63, 3.8) is 0 Å². The molecule has 6 nitrogen and oxygen atoms in total. The summed E-state index contributed by atoms with van der Waals surface area (Å²) in [6, 6.07) is 0. The lowest BCUT2D eigenvalue weighted by atomic mass is 10.1. The summed E-state index contributed by atoms with van der Waals surface area (Å²) in [5.41, 5.74) is 0. The quantitative estimate of drug-likeness (QED) is 0.668. The van der Waals surface area contributed by atoms with Crippen molar-refractivity contribution in [1.29, 1.82) is 0 Å². The predicted octanol–water partition coefficient (Wildman–Crippen LogP) is -0.0643. The first-order chi connectivity index (χ1) is 8.58. The van der Waals surface area contributed by atoms with Crippen LogP contribution in [0.4, 0.5) is 0 Å². The van der Waals surface area contributed by atoms with Gasteiger partial charge in [-0.15, -0.1) is 0 Å². The Morgan fingerprint density at radius 1 is 1.33 bits per heavy atom. The Hall–Kier alpha value is -1.14. The van der Waals surface area contributed by atoms with Crippen LogP contribution in [0.15, 0.2) is 0 Å². The monoisotopic (exact) mass is 258 g/mol. The summed E-state index contributed by atoms with van der Waals surface area (Å²) in [5.74, 6) is -0.769. The molecule has 104 valence electrons. The predicted molar refractivity (Wildman–Crippen MR) is 66.3 cm³/mol. The van der Waals surface area contributed by atoms with Gasteiger partial charge in [0, 0.05) is 32.6 Å². The van der Waals surface area contributed by atoms with Gasteiger partial charge in [0.25, 0.3) is 0 Å². The number of carboxylic acid groups (broad SMARTS) is 1. The number of carboxylic acids is 1. The van der Waals surface area contributed by atoms with E-state index in [-0.39, 0.29) is 18.7 Å². The fourth-order valence-corrected chi connectivity index (χ4v) is 1.89. The zero-order chi connectivity index (χ0) is 13.4. The van der Waals surface area contributed by atoms with E-state index in [0.717, 1.165) is 32.8 Å². The summed E-state index contributed by atoms with van der Waals surface area (Å²) < 4.78 is 5.27. The van der Waals surface area contributed by atoms with Gasteiger partial charge >= 0.3 is 5.97 Å². The lowest BCUT2D eigenvalue weighted by Gasteiger charge is -2.29. The van der Waals surface area contributed by atoms with Gasteiger partial charge in [0.1, 0.15) is 0 Å². The summed E-state index contributed by atoms with van der Waals surface area (Å²) >= 11 is 0. The average molecular weight is 258 g/mol. The largest absolute Gasteiger partial charge is 0.481 e. The van der Waals surface area contributed by atoms with Crippen molar-refractivity contribution in [2.75, 3.05) is 39.4 Å². The molecular formula is C12H22N2O4. The Balaban J connectivity index is 2.09. The standard InChI is InChI=1S/C12H22N2O4/c1-10(9-14-4-6-18-7-5-14)8-13-11(15)2-3-12(16)17/h10H,2-9H2,1H3,(H,13,15)(H,16,17). The topological polar surface area (TPSA) is 78.9 Å². The molecule has 0 aromatic carbocycles. The molecule has 1 aliphatic heterocycles. The van der Waals surface area contributed by atoms with Gasteiger partial charge < -0.3 is 15.2 Å². The normalized spacial score (nSPS) is 18.3. The van der Waals surface area contributed by atoms with Crippen LogP contribution < -0.4 is 5.32 Å². The van der Waals surface area contributed by atoms with E-state index in [1.807, 2.05) is 0 Å². The molecular weight excluding hydrogens is 236 g/mol. The van der Waals surface area contributed by atoms with Crippen LogP contribution in [0.5, 0.6) is 0 Å². The number of rotatable bonds is 7. The van der Waals surface area contributed by atoms with E-state index in [1.165, 1.54) is 0 Å². The minimum atomic E-state index is -0.938. The SMILES string of the molecule is CC(CNC(=O)CCC(=O)O)CN1CCOCC1. The average Bonchev–Trinajstić information content (AvgIpc) is 2.35. The Kier molecular flexibility index (Phi) is 6.67. The summed E-state index contributed by atoms with van der Waals surface area (Å²) in [6.45, 7) is 7.04. The molecule has 1 atom stereocenters. The van der Waals surface area contributed by atoms with Crippen molar-refractivity contribution in [2.24, 2.45) is 5.92 Å². The van der Waals surface area contributed by atoms with Gasteiger partial charge in [-0.05, 0) is 5.92 Å². The van der Waals surface area contributed by atoms with E-state index in [2.05, 4.69) is 17.1 Å². The maximum atomic E-state index is 11.3. The number of hydrogen-bond acceptors (Lipinski definition) is 4. The summed E-state index contributed by atoms with van der Waals surface area (Å²) in [7, 11) is 0. The number of carbonyl (C=O) groups is 2. The highest BCUT2D eigenvalue weighted by molar-refractivity contribution is 5.80. The van der Waals surface area contributed by atoms with E-state index in [0.29, 0.717) is 12.5 Å². The number of amides is 1. The van der Waals surface area contributed by atoms with Crippen molar-refractivity contribution in [1.82, 2.24) is 10.2 Å². The Labute approximate surface area is 107 Å². The molecule has 1 fully saturated rings. The smallest absolute Gasteiger partial charge is 0.303 e. The first kappa shape index (κ1) is 14.9. The highest BCUT2D eigenvalue weighted by Gasteiger charge is 2.14. The van der Waals surface area contributed by atoms with E-state index >= 15 is 0 Å². The minimum absolute atomic E-state index is 0.0552. The number of hydrogen-bond donors (Lipinski definition) is 2. The number of nitrogens with zero attached hydrogens (tertiary/aromatic N) is 1. The lowest BCUT2D eigenvalue weighted by molar-refractivity contribution is -0.138. The summed E-state index contributed by atoms with van der Waals surface area (Å²) in [6.07, 6.45) is -0.0523. The van der Waals surface area contributed by atoms with Crippen molar-refractivity contribution in [3.8, 4) is 0 Å². The van der Waals surface area contributed by atoms with Crippen LogP contribution in [0.25, 0.3) is 0 Å². The van der Waals surface area contributed by atoms with Crippen LogP contribution >= 0.6 is 0 Å². The Morgan fingerprint density at radius 2 is 2.00 bits per heavy atom. The molecule has 0 aliphatic carbocycles. The fraction of sp³-hybridized carbons (Fsp3) is 0.833. The second-order valence-corrected chi connectivity index (χ2v) is 4.72. The van der Waals surface area contributed by atoms with Gasteiger partial charge in [-0.3, -0.25) is 14.5 Å². The molecule has 0 bridgehead atoms. The molecule has 2 N–H and O–H groups in total. The highest BCUT2D eigenvalue weighted by Crippen LogP contribution is 2.02. The van der Waals surface area contributed by atoms with Crippen molar-refractivity contribution >= 4 is 11.9 Å². The highest BCUT2D eigenvalue weighted by atomic mass is 16.5. The third-order valence-electron chi connectivity index (χ3n) is 2.89. The molecule has 0 aromatic heterocycles. The molecule has 0 saturated carbocycles. The van der Waals surface area contributed by atoms with E-state index < -0.39 is 5.97 Å². The van der Waals surface area contributed by atoms with Crippen molar-refractivity contribution < 1.29 is 19.4 Å². The number of carbonyl (C=O) groups excluding carboxylic acids is 1. The third-order valence-corrected chi connectivity index (χ3v) is 2.89. The molecule has 18 heavy (non-hydrogen) atoms. The molecule has 1 unspecified atom stereocenters. The van der Waals surface area contributed by atoms with Crippen LogP contribution in [0, 0.1) is 5.92 Å². The molecule has 1 aliphatic rings. The number of morpholine rings is 1. The maximum absolute atomic E-state index is 11.3. The van der Waals surface area contributed by atoms with Crippen LogP contribution in [0.3, 0.4) is 0 Å².